The molecule has 0 aromatic heterocycles. The lowest BCUT2D eigenvalue weighted by molar-refractivity contribution is 0.666. The minimum Gasteiger partial charge on any atom is -0.328 e. The molecule has 2 rings (SSSR count). The van der Waals surface area contributed by atoms with E-state index in [4.69, 9.17) is 5.73 Å². The number of hydrogen-bond acceptors (Lipinski definition) is 1. The maximum Gasteiger partial charge on any atom is 0.00136 e. The van der Waals surface area contributed by atoms with Gasteiger partial charge in [0.15, 0.2) is 0 Å². The molecule has 1 nitrogen and oxygen atoms in total. The topological polar surface area (TPSA) is 26.0 Å². The van der Waals surface area contributed by atoms with Crippen molar-refractivity contribution in [3.8, 4) is 0 Å². The van der Waals surface area contributed by atoms with E-state index in [9.17, 15) is 0 Å². The van der Waals surface area contributed by atoms with Crippen LogP contribution in [0.3, 0.4) is 0 Å². The number of hydrogen-bond donors (Lipinski definition) is 1. The summed E-state index contributed by atoms with van der Waals surface area (Å²) in [7, 11) is 0. The first-order valence-electron chi connectivity index (χ1n) is 7.65. The van der Waals surface area contributed by atoms with Gasteiger partial charge in [-0.25, -0.2) is 0 Å². The van der Waals surface area contributed by atoms with Crippen LogP contribution in [0.1, 0.15) is 41.2 Å². The Kier molecular flexibility index (Phi) is 5.35. The quantitative estimate of drug-likeness (QED) is 0.785. The van der Waals surface area contributed by atoms with Crippen LogP contribution in [-0.4, -0.2) is 6.04 Å². The van der Waals surface area contributed by atoms with Crippen LogP contribution in [0.25, 0.3) is 12.2 Å². The van der Waals surface area contributed by atoms with Crippen molar-refractivity contribution in [3.05, 3.63) is 70.3 Å². The van der Waals surface area contributed by atoms with E-state index in [1.165, 1.54) is 27.8 Å². The van der Waals surface area contributed by atoms with E-state index < -0.39 is 0 Å². The summed E-state index contributed by atoms with van der Waals surface area (Å²) >= 11 is 0. The summed E-state index contributed by atoms with van der Waals surface area (Å²) in [5.74, 6) is 0. The number of nitrogens with two attached hydrogens (primary N) is 1. The van der Waals surface area contributed by atoms with Gasteiger partial charge in [-0.2, -0.15) is 0 Å². The molecule has 1 heteroatoms. The zero-order valence-electron chi connectivity index (χ0n) is 13.3. The molecule has 0 aliphatic heterocycles. The monoisotopic (exact) mass is 279 g/mol. The SMILES string of the molecule is Cc1cccc(C)c1C=Cc1cccc(CCC(C)N)c1. The van der Waals surface area contributed by atoms with Crippen LogP contribution in [0.5, 0.6) is 0 Å². The van der Waals surface area contributed by atoms with Gasteiger partial charge in [0.05, 0.1) is 0 Å². The summed E-state index contributed by atoms with van der Waals surface area (Å²) in [4.78, 5) is 0. The van der Waals surface area contributed by atoms with Gasteiger partial charge < -0.3 is 5.73 Å². The smallest absolute Gasteiger partial charge is 0.00136 e. The van der Waals surface area contributed by atoms with Gasteiger partial charge in [-0.05, 0) is 61.4 Å². The second-order valence-corrected chi connectivity index (χ2v) is 5.90. The average molecular weight is 279 g/mol. The van der Waals surface area contributed by atoms with Crippen LogP contribution in [0.15, 0.2) is 42.5 Å². The van der Waals surface area contributed by atoms with Gasteiger partial charge in [0.2, 0.25) is 0 Å². The van der Waals surface area contributed by atoms with Gasteiger partial charge in [0, 0.05) is 6.04 Å². The number of benzene rings is 2. The van der Waals surface area contributed by atoms with Gasteiger partial charge in [0.1, 0.15) is 0 Å². The summed E-state index contributed by atoms with van der Waals surface area (Å²) in [5.41, 5.74) is 12.4. The third-order valence-electron chi connectivity index (χ3n) is 3.82. The lowest BCUT2D eigenvalue weighted by Gasteiger charge is -2.06. The summed E-state index contributed by atoms with van der Waals surface area (Å²) in [6.45, 7) is 6.38. The molecule has 0 aliphatic carbocycles. The molecular formula is C20H25N. The third-order valence-corrected chi connectivity index (χ3v) is 3.82. The lowest BCUT2D eigenvalue weighted by Crippen LogP contribution is -2.15. The van der Waals surface area contributed by atoms with Crippen molar-refractivity contribution in [3.63, 3.8) is 0 Å². The maximum atomic E-state index is 5.83. The molecule has 21 heavy (non-hydrogen) atoms. The summed E-state index contributed by atoms with van der Waals surface area (Å²) in [5, 5.41) is 0. The van der Waals surface area contributed by atoms with Crippen molar-refractivity contribution in [1.82, 2.24) is 0 Å². The fraction of sp³-hybridized carbons (Fsp3) is 0.300. The first-order valence-corrected chi connectivity index (χ1v) is 7.65. The number of aryl methyl sites for hydroxylation is 3. The minimum atomic E-state index is 0.263. The molecule has 0 fully saturated rings. The van der Waals surface area contributed by atoms with Crippen molar-refractivity contribution in [2.24, 2.45) is 5.73 Å². The predicted molar refractivity (Wildman–Crippen MR) is 93.3 cm³/mol. The summed E-state index contributed by atoms with van der Waals surface area (Å²) in [6.07, 6.45) is 6.49. The highest BCUT2D eigenvalue weighted by molar-refractivity contribution is 5.72. The van der Waals surface area contributed by atoms with Crippen molar-refractivity contribution in [1.29, 1.82) is 0 Å². The van der Waals surface area contributed by atoms with Crippen molar-refractivity contribution in [2.45, 2.75) is 39.7 Å². The Morgan fingerprint density at radius 3 is 2.33 bits per heavy atom. The van der Waals surface area contributed by atoms with Crippen molar-refractivity contribution < 1.29 is 0 Å². The Hall–Kier alpha value is -1.86. The van der Waals surface area contributed by atoms with Crippen LogP contribution in [0.4, 0.5) is 0 Å². The molecule has 2 aromatic rings. The van der Waals surface area contributed by atoms with E-state index in [0.717, 1.165) is 12.8 Å². The highest BCUT2D eigenvalue weighted by atomic mass is 14.6. The van der Waals surface area contributed by atoms with Crippen LogP contribution in [-0.2, 0) is 6.42 Å². The zero-order chi connectivity index (χ0) is 15.2. The molecule has 1 unspecified atom stereocenters. The average Bonchev–Trinajstić information content (AvgIpc) is 2.45. The second kappa shape index (κ2) is 7.24. The van der Waals surface area contributed by atoms with E-state index in [-0.39, 0.29) is 6.04 Å². The van der Waals surface area contributed by atoms with Crippen LogP contribution >= 0.6 is 0 Å². The molecule has 0 bridgehead atoms. The third kappa shape index (κ3) is 4.57. The Morgan fingerprint density at radius 2 is 1.67 bits per heavy atom. The van der Waals surface area contributed by atoms with Crippen LogP contribution in [0, 0.1) is 13.8 Å². The molecular weight excluding hydrogens is 254 g/mol. The lowest BCUT2D eigenvalue weighted by atomic mass is 10.0. The normalized spacial score (nSPS) is 12.8. The molecule has 0 aliphatic rings. The highest BCUT2D eigenvalue weighted by Crippen LogP contribution is 2.17. The summed E-state index contributed by atoms with van der Waals surface area (Å²) < 4.78 is 0. The Labute approximate surface area is 128 Å². The molecule has 2 aromatic carbocycles. The van der Waals surface area contributed by atoms with Gasteiger partial charge >= 0.3 is 0 Å². The summed E-state index contributed by atoms with van der Waals surface area (Å²) in [6, 6.07) is 15.4. The Balaban J connectivity index is 2.16. The van der Waals surface area contributed by atoms with E-state index in [0.29, 0.717) is 0 Å². The maximum absolute atomic E-state index is 5.83. The fourth-order valence-corrected chi connectivity index (χ4v) is 2.52. The molecule has 2 N–H and O–H groups in total. The standard InChI is InChI=1S/C20H25N/c1-15-6-4-7-16(2)20(15)13-12-19-9-5-8-18(14-19)11-10-17(3)21/h4-9,12-14,17H,10-11,21H2,1-3H3. The minimum absolute atomic E-state index is 0.263. The molecule has 0 radical (unpaired) electrons. The van der Waals surface area contributed by atoms with E-state index in [2.05, 4.69) is 75.4 Å². The molecule has 0 saturated heterocycles. The first kappa shape index (κ1) is 15.5. The Morgan fingerprint density at radius 1 is 1.00 bits per heavy atom. The molecule has 1 atom stereocenters. The predicted octanol–water partition coefficient (Wildman–Crippen LogP) is 4.75. The van der Waals surface area contributed by atoms with E-state index in [1.54, 1.807) is 0 Å². The Bertz CT molecular complexity index is 603. The molecule has 110 valence electrons. The second-order valence-electron chi connectivity index (χ2n) is 5.90. The molecule has 0 amide bonds. The van der Waals surface area contributed by atoms with Crippen molar-refractivity contribution in [2.75, 3.05) is 0 Å². The van der Waals surface area contributed by atoms with Gasteiger partial charge in [-0.1, -0.05) is 54.6 Å². The van der Waals surface area contributed by atoms with Crippen LogP contribution in [0.2, 0.25) is 0 Å². The zero-order valence-corrected chi connectivity index (χ0v) is 13.3. The van der Waals surface area contributed by atoms with Crippen LogP contribution < -0.4 is 5.73 Å². The van der Waals surface area contributed by atoms with Gasteiger partial charge in [0.25, 0.3) is 0 Å². The van der Waals surface area contributed by atoms with Crippen molar-refractivity contribution >= 4 is 12.2 Å². The van der Waals surface area contributed by atoms with Gasteiger partial charge in [-0.3, -0.25) is 0 Å². The number of rotatable bonds is 5. The molecule has 0 spiro atoms. The highest BCUT2D eigenvalue weighted by Gasteiger charge is 1.99. The largest absolute Gasteiger partial charge is 0.328 e. The fourth-order valence-electron chi connectivity index (χ4n) is 2.52. The first-order chi connectivity index (χ1) is 10.1. The van der Waals surface area contributed by atoms with E-state index >= 15 is 0 Å². The van der Waals surface area contributed by atoms with Gasteiger partial charge in [-0.15, -0.1) is 0 Å². The molecule has 0 saturated carbocycles. The van der Waals surface area contributed by atoms with E-state index in [1.807, 2.05) is 0 Å². The molecule has 0 heterocycles.